The molecule has 0 spiro atoms. The van der Waals surface area contributed by atoms with Crippen molar-refractivity contribution in [3.63, 3.8) is 0 Å². The standard InChI is InChI=1S/C21H21BrFN3O3/c1-4-14-6-7-15(28-2)10-18(14)24-21-25-20(27)19(29-3)12-26(21)11-13-5-8-17(23)16(22)9-13/h5-10,12H,4,11H2,1-3H3,(H,24,25,27). The number of aromatic nitrogens is 2. The number of nitrogens with zero attached hydrogens (tertiary/aromatic N) is 2. The molecule has 0 aliphatic rings. The summed E-state index contributed by atoms with van der Waals surface area (Å²) < 4.78 is 26.1. The Morgan fingerprint density at radius 1 is 1.17 bits per heavy atom. The lowest BCUT2D eigenvalue weighted by Crippen LogP contribution is -2.19. The molecule has 3 rings (SSSR count). The van der Waals surface area contributed by atoms with E-state index in [1.54, 1.807) is 30.0 Å². The molecule has 0 aliphatic carbocycles. The Morgan fingerprint density at radius 3 is 2.62 bits per heavy atom. The summed E-state index contributed by atoms with van der Waals surface area (Å²) in [6.07, 6.45) is 2.37. The smallest absolute Gasteiger partial charge is 0.316 e. The van der Waals surface area contributed by atoms with E-state index in [1.165, 1.54) is 13.2 Å². The monoisotopic (exact) mass is 461 g/mol. The van der Waals surface area contributed by atoms with E-state index in [-0.39, 0.29) is 11.6 Å². The van der Waals surface area contributed by atoms with Crippen molar-refractivity contribution in [3.8, 4) is 11.5 Å². The number of ether oxygens (including phenoxy) is 2. The van der Waals surface area contributed by atoms with Gasteiger partial charge < -0.3 is 19.4 Å². The highest BCUT2D eigenvalue weighted by Crippen LogP contribution is 2.26. The normalized spacial score (nSPS) is 10.7. The molecule has 0 aliphatic heterocycles. The fourth-order valence-electron chi connectivity index (χ4n) is 2.90. The van der Waals surface area contributed by atoms with Gasteiger partial charge in [0.05, 0.1) is 31.4 Å². The maximum Gasteiger partial charge on any atom is 0.316 e. The Hall–Kier alpha value is -2.87. The van der Waals surface area contributed by atoms with Crippen molar-refractivity contribution in [3.05, 3.63) is 74.4 Å². The Balaban J connectivity index is 2.05. The second-order valence-electron chi connectivity index (χ2n) is 6.32. The molecule has 29 heavy (non-hydrogen) atoms. The summed E-state index contributed by atoms with van der Waals surface area (Å²) in [4.78, 5) is 16.4. The van der Waals surface area contributed by atoms with Gasteiger partial charge in [-0.1, -0.05) is 19.1 Å². The van der Waals surface area contributed by atoms with Crippen LogP contribution < -0.4 is 20.3 Å². The minimum absolute atomic E-state index is 0.123. The number of nitrogens with one attached hydrogen (secondary N) is 1. The molecule has 0 amide bonds. The van der Waals surface area contributed by atoms with Crippen molar-refractivity contribution in [2.75, 3.05) is 19.5 Å². The minimum Gasteiger partial charge on any atom is -0.497 e. The van der Waals surface area contributed by atoms with E-state index in [0.29, 0.717) is 22.7 Å². The Kier molecular flexibility index (Phi) is 6.53. The highest BCUT2D eigenvalue weighted by molar-refractivity contribution is 9.10. The lowest BCUT2D eigenvalue weighted by molar-refractivity contribution is 0.402. The second kappa shape index (κ2) is 9.09. The first-order valence-corrected chi connectivity index (χ1v) is 9.77. The van der Waals surface area contributed by atoms with Crippen LogP contribution in [0.3, 0.4) is 0 Å². The lowest BCUT2D eigenvalue weighted by atomic mass is 10.1. The van der Waals surface area contributed by atoms with Crippen LogP contribution >= 0.6 is 15.9 Å². The highest BCUT2D eigenvalue weighted by atomic mass is 79.9. The first kappa shape index (κ1) is 20.9. The fourth-order valence-corrected chi connectivity index (χ4v) is 3.32. The zero-order valence-corrected chi connectivity index (χ0v) is 17.9. The molecule has 2 aromatic carbocycles. The van der Waals surface area contributed by atoms with Gasteiger partial charge in [-0.05, 0) is 51.7 Å². The van der Waals surface area contributed by atoms with Crippen molar-refractivity contribution >= 4 is 27.6 Å². The number of hydrogen-bond acceptors (Lipinski definition) is 5. The summed E-state index contributed by atoms with van der Waals surface area (Å²) in [6.45, 7) is 2.40. The predicted octanol–water partition coefficient (Wildman–Crippen LogP) is 4.52. The summed E-state index contributed by atoms with van der Waals surface area (Å²) >= 11 is 3.20. The summed E-state index contributed by atoms with van der Waals surface area (Å²) in [5.41, 5.74) is 2.19. The van der Waals surface area contributed by atoms with Gasteiger partial charge in [-0.15, -0.1) is 0 Å². The number of anilines is 2. The third-order valence-corrected chi connectivity index (χ3v) is 5.07. The lowest BCUT2D eigenvalue weighted by Gasteiger charge is -2.17. The first-order chi connectivity index (χ1) is 13.9. The van der Waals surface area contributed by atoms with Crippen molar-refractivity contribution in [1.82, 2.24) is 9.55 Å². The van der Waals surface area contributed by atoms with E-state index in [9.17, 15) is 9.18 Å². The van der Waals surface area contributed by atoms with E-state index >= 15 is 0 Å². The molecule has 3 aromatic rings. The summed E-state index contributed by atoms with van der Waals surface area (Å²) in [7, 11) is 3.01. The molecule has 1 N–H and O–H groups in total. The van der Waals surface area contributed by atoms with Gasteiger partial charge in [-0.3, -0.25) is 4.79 Å². The van der Waals surface area contributed by atoms with Crippen LogP contribution in [0.1, 0.15) is 18.1 Å². The van der Waals surface area contributed by atoms with Crippen LogP contribution in [0.15, 0.2) is 51.9 Å². The highest BCUT2D eigenvalue weighted by Gasteiger charge is 2.13. The number of aryl methyl sites for hydroxylation is 1. The van der Waals surface area contributed by atoms with Gasteiger partial charge in [0.1, 0.15) is 11.6 Å². The van der Waals surface area contributed by atoms with E-state index in [2.05, 4.69) is 26.2 Å². The summed E-state index contributed by atoms with van der Waals surface area (Å²) in [5, 5.41) is 3.24. The maximum atomic E-state index is 13.6. The molecule has 0 saturated carbocycles. The zero-order chi connectivity index (χ0) is 21.0. The minimum atomic E-state index is -0.479. The Labute approximate surface area is 176 Å². The van der Waals surface area contributed by atoms with Gasteiger partial charge in [0.2, 0.25) is 11.7 Å². The third-order valence-electron chi connectivity index (χ3n) is 4.46. The summed E-state index contributed by atoms with van der Waals surface area (Å²) in [5.74, 6) is 0.818. The molecule has 8 heteroatoms. The van der Waals surface area contributed by atoms with Gasteiger partial charge in [0, 0.05) is 11.8 Å². The number of methoxy groups -OCH3 is 2. The van der Waals surface area contributed by atoms with Gasteiger partial charge in [0.25, 0.3) is 0 Å². The van der Waals surface area contributed by atoms with Gasteiger partial charge in [-0.25, -0.2) is 4.39 Å². The Morgan fingerprint density at radius 2 is 1.97 bits per heavy atom. The van der Waals surface area contributed by atoms with Crippen LogP contribution in [0, 0.1) is 5.82 Å². The maximum absolute atomic E-state index is 13.6. The first-order valence-electron chi connectivity index (χ1n) is 8.98. The SMILES string of the molecule is CCc1ccc(OC)cc1Nc1nc(=O)c(OC)cn1Cc1ccc(F)c(Br)c1. The molecule has 0 atom stereocenters. The zero-order valence-electron chi connectivity index (χ0n) is 16.3. The molecule has 1 heterocycles. The van der Waals surface area contributed by atoms with Crippen molar-refractivity contribution in [2.45, 2.75) is 19.9 Å². The number of rotatable bonds is 7. The molecule has 0 radical (unpaired) electrons. The van der Waals surface area contributed by atoms with Crippen molar-refractivity contribution in [1.29, 1.82) is 0 Å². The largest absolute Gasteiger partial charge is 0.497 e. The molecular weight excluding hydrogens is 441 g/mol. The number of benzene rings is 2. The predicted molar refractivity (Wildman–Crippen MR) is 114 cm³/mol. The van der Waals surface area contributed by atoms with E-state index in [1.807, 2.05) is 25.1 Å². The molecule has 0 saturated heterocycles. The molecule has 152 valence electrons. The molecule has 6 nitrogen and oxygen atoms in total. The van der Waals surface area contributed by atoms with E-state index < -0.39 is 5.56 Å². The van der Waals surface area contributed by atoms with E-state index in [4.69, 9.17) is 9.47 Å². The van der Waals surface area contributed by atoms with Gasteiger partial charge in [-0.2, -0.15) is 4.98 Å². The number of halogens is 2. The molecule has 1 aromatic heterocycles. The summed E-state index contributed by atoms with van der Waals surface area (Å²) in [6, 6.07) is 10.5. The quantitative estimate of drug-likeness (QED) is 0.560. The topological polar surface area (TPSA) is 65.4 Å². The van der Waals surface area contributed by atoms with E-state index in [0.717, 1.165) is 23.2 Å². The van der Waals surface area contributed by atoms with Crippen LogP contribution in [-0.4, -0.2) is 23.8 Å². The molecular formula is C21H21BrFN3O3. The van der Waals surface area contributed by atoms with Crippen molar-refractivity contribution in [2.24, 2.45) is 0 Å². The molecule has 0 fully saturated rings. The van der Waals surface area contributed by atoms with Crippen LogP contribution in [0.4, 0.5) is 16.0 Å². The van der Waals surface area contributed by atoms with Gasteiger partial charge >= 0.3 is 5.56 Å². The Bertz CT molecular complexity index is 1090. The third kappa shape index (κ3) is 4.76. The average Bonchev–Trinajstić information content (AvgIpc) is 2.72. The van der Waals surface area contributed by atoms with Crippen LogP contribution in [-0.2, 0) is 13.0 Å². The van der Waals surface area contributed by atoms with Crippen molar-refractivity contribution < 1.29 is 13.9 Å². The van der Waals surface area contributed by atoms with Crippen LogP contribution in [0.2, 0.25) is 0 Å². The van der Waals surface area contributed by atoms with Crippen LogP contribution in [0.25, 0.3) is 0 Å². The van der Waals surface area contributed by atoms with Gasteiger partial charge in [0.15, 0.2) is 0 Å². The molecule has 0 bridgehead atoms. The second-order valence-corrected chi connectivity index (χ2v) is 7.17. The average molecular weight is 462 g/mol. The number of hydrogen-bond donors (Lipinski definition) is 1. The van der Waals surface area contributed by atoms with Crippen LogP contribution in [0.5, 0.6) is 11.5 Å². The fraction of sp³-hybridized carbons (Fsp3) is 0.238. The molecule has 0 unspecified atom stereocenters.